The van der Waals surface area contributed by atoms with Crippen molar-refractivity contribution in [1.82, 2.24) is 20.1 Å². The van der Waals surface area contributed by atoms with Gasteiger partial charge in [0.05, 0.1) is 35.4 Å². The van der Waals surface area contributed by atoms with Gasteiger partial charge in [-0.25, -0.2) is 9.37 Å². The molecule has 0 bridgehead atoms. The molecule has 2 amide bonds. The zero-order valence-electron chi connectivity index (χ0n) is 24.1. The molecule has 0 radical (unpaired) electrons. The number of nitrogens with one attached hydrogen (secondary N) is 1. The van der Waals surface area contributed by atoms with Crippen LogP contribution < -0.4 is 20.5 Å². The van der Waals surface area contributed by atoms with E-state index in [1.54, 1.807) is 10.9 Å². The largest absolute Gasteiger partial charge is 0.494 e. The summed E-state index contributed by atoms with van der Waals surface area (Å²) in [5.74, 6) is -3.06. The van der Waals surface area contributed by atoms with Crippen LogP contribution in [0.2, 0.25) is 10.0 Å². The maximum Gasteiger partial charge on any atom is 0.424 e. The number of benzene rings is 2. The molecule has 2 aromatic carbocycles. The highest BCUT2D eigenvalue weighted by molar-refractivity contribution is 6.42. The van der Waals surface area contributed by atoms with Crippen LogP contribution in [0.1, 0.15) is 47.4 Å². The summed E-state index contributed by atoms with van der Waals surface area (Å²) >= 11 is 11.9. The van der Waals surface area contributed by atoms with Crippen LogP contribution in [0.25, 0.3) is 22.2 Å². The second kappa shape index (κ2) is 11.0. The molecule has 3 heterocycles. The minimum atomic E-state index is -5.44. The van der Waals surface area contributed by atoms with E-state index in [1.807, 2.05) is 0 Å². The summed E-state index contributed by atoms with van der Waals surface area (Å²) in [6.07, 6.45) is -1.83. The maximum absolute atomic E-state index is 15.3. The Kier molecular flexibility index (Phi) is 7.60. The quantitative estimate of drug-likeness (QED) is 0.171. The predicted octanol–water partition coefficient (Wildman–Crippen LogP) is 5.20. The molecule has 2 atom stereocenters. The standard InChI is InChI=1S/C30H25Cl2F4N5O5/c1-28(27(37)43)12-46-25-17(28)9-20(39-24(25)16-5-6-18(31)21(32)22(16)33)29(44,30(34,35)36)11-38-26(42)13-7-14-10-41(15-3-4-15)40-23(14)19(8-13)45-2/h5-10,15,44H,3-4,11-12H2,1-2H3,(H2,37,43)(H,38,42)/t28-,29?/m0/s1. The van der Waals surface area contributed by atoms with Gasteiger partial charge in [-0.3, -0.25) is 14.3 Å². The third kappa shape index (κ3) is 5.08. The highest BCUT2D eigenvalue weighted by atomic mass is 35.5. The Labute approximate surface area is 268 Å². The van der Waals surface area contributed by atoms with Gasteiger partial charge in [-0.2, -0.15) is 18.3 Å². The molecule has 0 spiro atoms. The van der Waals surface area contributed by atoms with Crippen LogP contribution in [-0.4, -0.2) is 58.1 Å². The van der Waals surface area contributed by atoms with Gasteiger partial charge in [-0.05, 0) is 50.1 Å². The molecule has 4 N–H and O–H groups in total. The van der Waals surface area contributed by atoms with Crippen LogP contribution in [0.15, 0.2) is 36.5 Å². The Morgan fingerprint density at radius 2 is 1.96 bits per heavy atom. The summed E-state index contributed by atoms with van der Waals surface area (Å²) in [6.45, 7) is -0.495. The van der Waals surface area contributed by atoms with E-state index in [9.17, 15) is 27.9 Å². The monoisotopic (exact) mass is 681 g/mol. The van der Waals surface area contributed by atoms with E-state index in [0.717, 1.165) is 25.0 Å². The minimum absolute atomic E-state index is 0.0561. The van der Waals surface area contributed by atoms with E-state index in [0.29, 0.717) is 10.9 Å². The number of nitrogens with two attached hydrogens (primary N) is 1. The third-order valence-corrected chi connectivity index (χ3v) is 9.08. The normalized spacial score (nSPS) is 19.0. The number of ether oxygens (including phenoxy) is 2. The molecule has 46 heavy (non-hydrogen) atoms. The van der Waals surface area contributed by atoms with Crippen molar-refractivity contribution < 1.29 is 41.7 Å². The van der Waals surface area contributed by atoms with Gasteiger partial charge < -0.3 is 25.6 Å². The fourth-order valence-electron chi connectivity index (χ4n) is 5.27. The summed E-state index contributed by atoms with van der Waals surface area (Å²) in [7, 11) is 1.37. The van der Waals surface area contributed by atoms with Gasteiger partial charge in [-0.15, -0.1) is 0 Å². The molecular weight excluding hydrogens is 657 g/mol. The number of amides is 2. The molecule has 1 saturated carbocycles. The van der Waals surface area contributed by atoms with E-state index in [-0.39, 0.29) is 33.7 Å². The molecule has 6 rings (SSSR count). The first-order valence-corrected chi connectivity index (χ1v) is 14.6. The number of fused-ring (bicyclic) bond motifs is 2. The number of pyridine rings is 1. The van der Waals surface area contributed by atoms with Crippen molar-refractivity contribution in [2.75, 3.05) is 20.3 Å². The lowest BCUT2D eigenvalue weighted by atomic mass is 9.81. The van der Waals surface area contributed by atoms with Crippen molar-refractivity contribution in [3.63, 3.8) is 0 Å². The van der Waals surface area contributed by atoms with Crippen LogP contribution in [-0.2, 0) is 15.8 Å². The molecule has 0 saturated heterocycles. The maximum atomic E-state index is 15.3. The Morgan fingerprint density at radius 3 is 2.59 bits per heavy atom. The Hall–Kier alpha value is -4.14. The first kappa shape index (κ1) is 31.8. The number of carbonyl (C=O) groups is 2. The van der Waals surface area contributed by atoms with Crippen molar-refractivity contribution in [3.05, 3.63) is 69.2 Å². The predicted molar refractivity (Wildman–Crippen MR) is 159 cm³/mol. The highest BCUT2D eigenvalue weighted by Gasteiger charge is 2.58. The zero-order valence-corrected chi connectivity index (χ0v) is 25.6. The highest BCUT2D eigenvalue weighted by Crippen LogP contribution is 2.49. The topological polar surface area (TPSA) is 142 Å². The van der Waals surface area contributed by atoms with Gasteiger partial charge in [0.2, 0.25) is 11.5 Å². The minimum Gasteiger partial charge on any atom is -0.494 e. The second-order valence-electron chi connectivity index (χ2n) is 11.4. The van der Waals surface area contributed by atoms with E-state index in [2.05, 4.69) is 15.4 Å². The molecule has 16 heteroatoms. The number of primary amides is 1. The smallest absolute Gasteiger partial charge is 0.424 e. The number of nitrogens with zero attached hydrogens (tertiary/aromatic N) is 3. The summed E-state index contributed by atoms with van der Waals surface area (Å²) in [5, 5.41) is 17.7. The van der Waals surface area contributed by atoms with Gasteiger partial charge in [0.1, 0.15) is 34.7 Å². The molecule has 2 aromatic heterocycles. The Morgan fingerprint density at radius 1 is 1.24 bits per heavy atom. The summed E-state index contributed by atoms with van der Waals surface area (Å²) in [5.41, 5.74) is -1.66. The van der Waals surface area contributed by atoms with Gasteiger partial charge in [0.25, 0.3) is 5.91 Å². The SMILES string of the molecule is COc1cc(C(=O)NCC(O)(c2cc3c(c(-c4ccc(Cl)c(Cl)c4F)n2)OC[C@]3(C)C(N)=O)C(F)(F)F)cc2cn(C3CC3)nc12. The Bertz CT molecular complexity index is 1930. The molecule has 242 valence electrons. The van der Waals surface area contributed by atoms with E-state index < -0.39 is 69.9 Å². The van der Waals surface area contributed by atoms with Crippen molar-refractivity contribution in [2.45, 2.75) is 43.0 Å². The number of rotatable bonds is 8. The molecule has 1 unspecified atom stereocenters. The van der Waals surface area contributed by atoms with E-state index in [4.69, 9.17) is 38.4 Å². The number of halogens is 6. The molecule has 1 aliphatic heterocycles. The second-order valence-corrected chi connectivity index (χ2v) is 12.2. The first-order chi connectivity index (χ1) is 21.6. The molecule has 10 nitrogen and oxygen atoms in total. The average molecular weight is 682 g/mol. The third-order valence-electron chi connectivity index (χ3n) is 8.30. The van der Waals surface area contributed by atoms with Gasteiger partial charge >= 0.3 is 6.18 Å². The van der Waals surface area contributed by atoms with Crippen LogP contribution in [0, 0.1) is 5.82 Å². The lowest BCUT2D eigenvalue weighted by Gasteiger charge is -2.31. The van der Waals surface area contributed by atoms with Crippen LogP contribution in [0.4, 0.5) is 17.6 Å². The lowest BCUT2D eigenvalue weighted by molar-refractivity contribution is -0.265. The van der Waals surface area contributed by atoms with Gasteiger partial charge in [0, 0.05) is 28.3 Å². The first-order valence-electron chi connectivity index (χ1n) is 13.9. The molecule has 1 aliphatic carbocycles. The number of hydrogen-bond donors (Lipinski definition) is 3. The van der Waals surface area contributed by atoms with Crippen molar-refractivity contribution in [2.24, 2.45) is 5.73 Å². The fourth-order valence-corrected chi connectivity index (χ4v) is 5.58. The Balaban J connectivity index is 1.43. The van der Waals surface area contributed by atoms with Crippen LogP contribution in [0.5, 0.6) is 11.5 Å². The number of aromatic nitrogens is 3. The van der Waals surface area contributed by atoms with Gasteiger partial charge in [-0.1, -0.05) is 23.2 Å². The van der Waals surface area contributed by atoms with Gasteiger partial charge in [0.15, 0.2) is 5.82 Å². The van der Waals surface area contributed by atoms with Crippen LogP contribution >= 0.6 is 23.2 Å². The number of alkyl halides is 3. The molecular formula is C30H25Cl2F4N5O5. The molecule has 2 aliphatic rings. The van der Waals surface area contributed by atoms with Crippen LogP contribution in [0.3, 0.4) is 0 Å². The van der Waals surface area contributed by atoms with Crippen molar-refractivity contribution in [3.8, 4) is 22.8 Å². The van der Waals surface area contributed by atoms with Crippen molar-refractivity contribution >= 4 is 45.9 Å². The fraction of sp³-hybridized carbons (Fsp3) is 0.333. The number of methoxy groups -OCH3 is 1. The lowest BCUT2D eigenvalue weighted by Crippen LogP contribution is -2.51. The summed E-state index contributed by atoms with van der Waals surface area (Å²) in [4.78, 5) is 29.7. The van der Waals surface area contributed by atoms with E-state index in [1.165, 1.54) is 32.2 Å². The summed E-state index contributed by atoms with van der Waals surface area (Å²) < 4.78 is 72.4. The molecule has 4 aromatic rings. The van der Waals surface area contributed by atoms with E-state index >= 15 is 4.39 Å². The number of hydrogen-bond acceptors (Lipinski definition) is 7. The number of aliphatic hydroxyl groups is 1. The summed E-state index contributed by atoms with van der Waals surface area (Å²) in [6, 6.07) is 6.11. The van der Waals surface area contributed by atoms with Crippen molar-refractivity contribution in [1.29, 1.82) is 0 Å². The molecule has 1 fully saturated rings. The average Bonchev–Trinajstić information content (AvgIpc) is 3.68. The zero-order chi connectivity index (χ0) is 33.3. The number of carbonyl (C=O) groups excluding carboxylic acids is 2.